The van der Waals surface area contributed by atoms with Crippen LogP contribution in [0, 0.1) is 0 Å². The summed E-state index contributed by atoms with van der Waals surface area (Å²) in [6, 6.07) is 0. The van der Waals surface area contributed by atoms with Gasteiger partial charge in [-0.25, -0.2) is 0 Å². The molecule has 0 amide bonds. The predicted molar refractivity (Wildman–Crippen MR) is 57.5 cm³/mol. The Morgan fingerprint density at radius 3 is 1.69 bits per heavy atom. The van der Waals surface area contributed by atoms with Crippen LogP contribution in [0.5, 0.6) is 0 Å². The Kier molecular flexibility index (Phi) is 2.14. The average molecular weight is 196 g/mol. The zero-order valence-electron chi connectivity index (χ0n) is 8.97. The maximum atomic E-state index is 11.9. The van der Waals surface area contributed by atoms with E-state index >= 15 is 0 Å². The molecule has 0 heterocycles. The highest BCUT2D eigenvalue weighted by Crippen LogP contribution is 2.62. The van der Waals surface area contributed by atoms with E-state index in [2.05, 4.69) is 13.8 Å². The van der Waals surface area contributed by atoms with Gasteiger partial charge in [0.05, 0.1) is 0 Å². The van der Waals surface area contributed by atoms with Gasteiger partial charge < -0.3 is 4.79 Å². The Balaban J connectivity index is 2.28. The Morgan fingerprint density at radius 2 is 1.54 bits per heavy atom. The minimum absolute atomic E-state index is 0.604. The van der Waals surface area contributed by atoms with Crippen LogP contribution >= 0.6 is 0 Å². The molecule has 2 fully saturated rings. The topological polar surface area (TPSA) is 17.1 Å². The van der Waals surface area contributed by atoms with Crippen LogP contribution in [0.3, 0.4) is 0 Å². The minimum atomic E-state index is -1.52. The van der Waals surface area contributed by atoms with E-state index in [-0.39, 0.29) is 0 Å². The molecule has 0 bridgehead atoms. The van der Waals surface area contributed by atoms with Crippen molar-refractivity contribution in [1.29, 1.82) is 0 Å². The Morgan fingerprint density at radius 1 is 1.15 bits per heavy atom. The lowest BCUT2D eigenvalue weighted by Crippen LogP contribution is -2.47. The van der Waals surface area contributed by atoms with Crippen LogP contribution in [0.2, 0.25) is 16.6 Å². The molecule has 0 aromatic heterocycles. The molecule has 0 radical (unpaired) electrons. The molecule has 2 saturated carbocycles. The quantitative estimate of drug-likeness (QED) is 0.631. The zero-order chi connectivity index (χ0) is 9.64. The van der Waals surface area contributed by atoms with Gasteiger partial charge in [0.25, 0.3) is 0 Å². The molecule has 1 nitrogen and oxygen atoms in total. The molecule has 2 aliphatic carbocycles. The lowest BCUT2D eigenvalue weighted by atomic mass is 10.6. The van der Waals surface area contributed by atoms with Crippen molar-refractivity contribution < 1.29 is 4.79 Å². The Bertz CT molecular complexity index is 209. The molecule has 13 heavy (non-hydrogen) atoms. The van der Waals surface area contributed by atoms with Crippen LogP contribution in [0.15, 0.2) is 0 Å². The first-order chi connectivity index (χ1) is 6.10. The molecular weight excluding hydrogens is 176 g/mol. The summed E-state index contributed by atoms with van der Waals surface area (Å²) in [6.07, 6.45) is 5.45. The largest absolute Gasteiger partial charge is 0.306 e. The molecule has 0 atom stereocenters. The van der Waals surface area contributed by atoms with Crippen LogP contribution < -0.4 is 0 Å². The fraction of sp³-hybridized carbons (Fsp3) is 0.909. The number of carbonyl (C=O) groups excluding carboxylic acids is 1. The van der Waals surface area contributed by atoms with Gasteiger partial charge in [0.15, 0.2) is 0 Å². The highest BCUT2D eigenvalue weighted by atomic mass is 28.3. The highest BCUT2D eigenvalue weighted by molar-refractivity contribution is 7.09. The Hall–Kier alpha value is -0.113. The van der Waals surface area contributed by atoms with E-state index in [1.54, 1.807) is 0 Å². The first-order valence-electron chi connectivity index (χ1n) is 5.61. The van der Waals surface area contributed by atoms with Crippen molar-refractivity contribution in [2.75, 3.05) is 0 Å². The van der Waals surface area contributed by atoms with Gasteiger partial charge in [0, 0.05) is 0 Å². The molecular formula is C11H20OSi. The van der Waals surface area contributed by atoms with Crippen molar-refractivity contribution in [3.63, 3.8) is 0 Å². The van der Waals surface area contributed by atoms with Crippen LogP contribution in [0.25, 0.3) is 0 Å². The molecule has 0 aromatic rings. The van der Waals surface area contributed by atoms with Gasteiger partial charge in [-0.05, 0) is 23.5 Å². The molecule has 0 spiro atoms. The lowest BCUT2D eigenvalue weighted by molar-refractivity contribution is -0.111. The molecule has 2 aliphatic rings. The molecule has 0 aliphatic heterocycles. The van der Waals surface area contributed by atoms with E-state index in [0.717, 1.165) is 11.1 Å². The molecule has 2 heteroatoms. The van der Waals surface area contributed by atoms with Gasteiger partial charge in [-0.3, -0.25) is 0 Å². The van der Waals surface area contributed by atoms with Crippen LogP contribution in [-0.2, 0) is 4.79 Å². The third kappa shape index (κ3) is 1.30. The third-order valence-corrected chi connectivity index (χ3v) is 11.1. The van der Waals surface area contributed by atoms with Crippen LogP contribution in [0.1, 0.15) is 46.5 Å². The smallest absolute Gasteiger partial charge is 0.141 e. The summed E-state index contributed by atoms with van der Waals surface area (Å²) < 4.78 is 0. The number of hydrogen-bond donors (Lipinski definition) is 0. The number of hydrogen-bond acceptors (Lipinski definition) is 1. The van der Waals surface area contributed by atoms with Gasteiger partial charge in [-0.2, -0.15) is 0 Å². The summed E-state index contributed by atoms with van der Waals surface area (Å²) in [4.78, 5) is 11.9. The molecule has 74 valence electrons. The highest BCUT2D eigenvalue weighted by Gasteiger charge is 2.60. The fourth-order valence-electron chi connectivity index (χ4n) is 3.38. The SMILES string of the molecule is CC(=O)[Si](C(C)C)(C1CC1)C1CC1. The van der Waals surface area contributed by atoms with Crippen molar-refractivity contribution in [3.05, 3.63) is 0 Å². The van der Waals surface area contributed by atoms with E-state index in [1.807, 2.05) is 6.92 Å². The second kappa shape index (κ2) is 2.94. The molecule has 0 saturated heterocycles. The van der Waals surface area contributed by atoms with E-state index < -0.39 is 8.07 Å². The summed E-state index contributed by atoms with van der Waals surface area (Å²) >= 11 is 0. The first-order valence-corrected chi connectivity index (χ1v) is 7.84. The van der Waals surface area contributed by atoms with Crippen molar-refractivity contribution in [2.45, 2.75) is 63.1 Å². The van der Waals surface area contributed by atoms with E-state index in [4.69, 9.17) is 0 Å². The second-order valence-electron chi connectivity index (χ2n) is 5.19. The normalized spacial score (nSPS) is 23.7. The van der Waals surface area contributed by atoms with Crippen molar-refractivity contribution in [1.82, 2.24) is 0 Å². The monoisotopic (exact) mass is 196 g/mol. The van der Waals surface area contributed by atoms with Crippen LogP contribution in [0.4, 0.5) is 0 Å². The fourth-order valence-corrected chi connectivity index (χ4v) is 10.1. The van der Waals surface area contributed by atoms with Crippen LogP contribution in [-0.4, -0.2) is 13.5 Å². The van der Waals surface area contributed by atoms with E-state index in [0.29, 0.717) is 10.9 Å². The van der Waals surface area contributed by atoms with Gasteiger partial charge in [0.1, 0.15) is 13.5 Å². The maximum absolute atomic E-state index is 11.9. The summed E-state index contributed by atoms with van der Waals surface area (Å²) in [5.41, 5.74) is 2.43. The third-order valence-electron chi connectivity index (χ3n) is 4.07. The summed E-state index contributed by atoms with van der Waals surface area (Å²) in [5.74, 6) is 0. The van der Waals surface area contributed by atoms with E-state index in [9.17, 15) is 4.79 Å². The standard InChI is InChI=1S/C11H20OSi/c1-8(2)13(9(3)12,10-4-5-10)11-6-7-11/h8,10-11H,4-7H2,1-3H3. The summed E-state index contributed by atoms with van der Waals surface area (Å²) in [7, 11) is -1.52. The molecule has 0 N–H and O–H groups in total. The Labute approximate surface area is 81.9 Å². The van der Waals surface area contributed by atoms with Crippen molar-refractivity contribution in [2.24, 2.45) is 0 Å². The first kappa shape index (κ1) is 9.44. The second-order valence-corrected chi connectivity index (χ2v) is 10.6. The maximum Gasteiger partial charge on any atom is 0.141 e. The van der Waals surface area contributed by atoms with Gasteiger partial charge in [-0.1, -0.05) is 39.5 Å². The minimum Gasteiger partial charge on any atom is -0.306 e. The van der Waals surface area contributed by atoms with Gasteiger partial charge in [0.2, 0.25) is 0 Å². The summed E-state index contributed by atoms with van der Waals surface area (Å²) in [6.45, 7) is 6.47. The summed E-state index contributed by atoms with van der Waals surface area (Å²) in [5, 5.41) is 0.604. The number of carbonyl (C=O) groups is 1. The van der Waals surface area contributed by atoms with Gasteiger partial charge >= 0.3 is 0 Å². The lowest BCUT2D eigenvalue weighted by Gasteiger charge is -2.33. The van der Waals surface area contributed by atoms with Crippen molar-refractivity contribution >= 4 is 13.5 Å². The van der Waals surface area contributed by atoms with Crippen molar-refractivity contribution in [3.8, 4) is 0 Å². The molecule has 0 aromatic carbocycles. The van der Waals surface area contributed by atoms with Gasteiger partial charge in [-0.15, -0.1) is 0 Å². The average Bonchev–Trinajstić information content (AvgIpc) is 2.80. The van der Waals surface area contributed by atoms with E-state index in [1.165, 1.54) is 25.7 Å². The number of rotatable bonds is 4. The zero-order valence-corrected chi connectivity index (χ0v) is 9.97. The predicted octanol–water partition coefficient (Wildman–Crippen LogP) is 3.30. The molecule has 0 unspecified atom stereocenters. The molecule has 2 rings (SSSR count).